The van der Waals surface area contributed by atoms with Crippen LogP contribution in [0.4, 0.5) is 0 Å². The molecule has 0 N–H and O–H groups in total. The summed E-state index contributed by atoms with van der Waals surface area (Å²) in [5, 5.41) is 9.37. The van der Waals surface area contributed by atoms with Crippen LogP contribution in [0.25, 0.3) is 0 Å². The van der Waals surface area contributed by atoms with E-state index in [9.17, 15) is 0 Å². The van der Waals surface area contributed by atoms with Crippen LogP contribution in [0.5, 0.6) is 0 Å². The zero-order valence-corrected chi connectivity index (χ0v) is 16.9. The van der Waals surface area contributed by atoms with Gasteiger partial charge in [-0.3, -0.25) is 0 Å². The van der Waals surface area contributed by atoms with Gasteiger partial charge in [-0.1, -0.05) is 50.5 Å². The second-order valence-electron chi connectivity index (χ2n) is 6.15. The first-order valence-electron chi connectivity index (χ1n) is 9.05. The number of allylic oxidation sites excluding steroid dienone is 3. The highest BCUT2D eigenvalue weighted by Crippen LogP contribution is 2.28. The van der Waals surface area contributed by atoms with Crippen molar-refractivity contribution in [1.29, 1.82) is 5.26 Å². The third kappa shape index (κ3) is 13.8. The molecular weight excluding hydrogens is 318 g/mol. The Hall–Kier alpha value is -0.330. The summed E-state index contributed by atoms with van der Waals surface area (Å²) in [6.45, 7) is 4.23. The van der Waals surface area contributed by atoms with Gasteiger partial charge in [-0.2, -0.15) is 29.7 Å². The van der Waals surface area contributed by atoms with Gasteiger partial charge in [-0.15, -0.1) is 0 Å². The van der Waals surface area contributed by atoms with Gasteiger partial charge in [-0.05, 0) is 51.2 Å². The summed E-state index contributed by atoms with van der Waals surface area (Å²) in [4.78, 5) is 0. The number of unbranched alkanes of at least 4 members (excludes halogenated alkanes) is 1. The lowest BCUT2D eigenvalue weighted by atomic mass is 9.99. The Morgan fingerprint density at radius 1 is 1.35 bits per heavy atom. The van der Waals surface area contributed by atoms with Gasteiger partial charge in [-0.25, -0.2) is 0 Å². The van der Waals surface area contributed by atoms with Crippen molar-refractivity contribution in [3.05, 3.63) is 24.3 Å². The summed E-state index contributed by atoms with van der Waals surface area (Å²) < 4.78 is 0. The third-order valence-electron chi connectivity index (χ3n) is 4.07. The van der Waals surface area contributed by atoms with E-state index in [0.29, 0.717) is 11.7 Å². The van der Waals surface area contributed by atoms with Crippen molar-refractivity contribution >= 4 is 24.4 Å². The smallest absolute Gasteiger partial charge is 0.0624 e. The molecule has 0 aromatic rings. The van der Waals surface area contributed by atoms with Crippen LogP contribution in [0.15, 0.2) is 24.3 Å². The molecule has 1 aliphatic carbocycles. The molecule has 23 heavy (non-hydrogen) atoms. The second-order valence-corrected chi connectivity index (χ2v) is 7.95. The molecule has 0 aromatic carbocycles. The quantitative estimate of drug-likeness (QED) is 0.235. The largest absolute Gasteiger partial charge is 0.198 e. The first-order chi connectivity index (χ1) is 11.2. The minimum Gasteiger partial charge on any atom is -0.198 e. The SMILES string of the molecule is C/C=C/CCC#N.CCCC(/C=C/C1CCCC[C@H](S)C1)SC. The van der Waals surface area contributed by atoms with Crippen LogP contribution in [-0.4, -0.2) is 16.8 Å². The molecule has 1 nitrogen and oxygen atoms in total. The maximum Gasteiger partial charge on any atom is 0.0624 e. The lowest BCUT2D eigenvalue weighted by molar-refractivity contribution is 0.563. The third-order valence-corrected chi connectivity index (χ3v) is 5.54. The number of hydrogen-bond donors (Lipinski definition) is 1. The van der Waals surface area contributed by atoms with Crippen molar-refractivity contribution in [3.8, 4) is 6.07 Å². The molecular formula is C20H35NS2. The van der Waals surface area contributed by atoms with Gasteiger partial charge in [0.25, 0.3) is 0 Å². The fourth-order valence-corrected chi connectivity index (χ4v) is 3.89. The Balaban J connectivity index is 0.000000585. The van der Waals surface area contributed by atoms with E-state index < -0.39 is 0 Å². The highest BCUT2D eigenvalue weighted by Gasteiger charge is 2.15. The van der Waals surface area contributed by atoms with Gasteiger partial charge in [0.05, 0.1) is 6.07 Å². The maximum absolute atomic E-state index is 8.01. The lowest BCUT2D eigenvalue weighted by Gasteiger charge is -2.14. The van der Waals surface area contributed by atoms with E-state index in [2.05, 4.69) is 44.0 Å². The van der Waals surface area contributed by atoms with Crippen LogP contribution < -0.4 is 0 Å². The van der Waals surface area contributed by atoms with E-state index in [1.807, 2.05) is 30.8 Å². The Labute approximate surface area is 154 Å². The van der Waals surface area contributed by atoms with Gasteiger partial charge >= 0.3 is 0 Å². The van der Waals surface area contributed by atoms with Crippen LogP contribution in [0.1, 0.15) is 71.6 Å². The minimum atomic E-state index is 0.635. The molecule has 0 amide bonds. The molecule has 0 aliphatic heterocycles. The van der Waals surface area contributed by atoms with Crippen molar-refractivity contribution in [2.24, 2.45) is 5.92 Å². The van der Waals surface area contributed by atoms with Crippen molar-refractivity contribution < 1.29 is 0 Å². The zero-order valence-electron chi connectivity index (χ0n) is 15.2. The number of thiol groups is 1. The average Bonchev–Trinajstić information content (AvgIpc) is 2.76. The Morgan fingerprint density at radius 3 is 2.70 bits per heavy atom. The molecule has 1 rings (SSSR count). The highest BCUT2D eigenvalue weighted by molar-refractivity contribution is 7.99. The van der Waals surface area contributed by atoms with Crippen molar-refractivity contribution in [1.82, 2.24) is 0 Å². The Kier molecular flexibility index (Phi) is 16.3. The first kappa shape index (κ1) is 22.7. The van der Waals surface area contributed by atoms with E-state index >= 15 is 0 Å². The molecule has 3 heteroatoms. The molecule has 0 heterocycles. The summed E-state index contributed by atoms with van der Waals surface area (Å²) in [6.07, 6.45) is 22.0. The molecule has 0 radical (unpaired) electrons. The number of thioether (sulfide) groups is 1. The highest BCUT2D eigenvalue weighted by atomic mass is 32.2. The van der Waals surface area contributed by atoms with Crippen LogP contribution in [0.2, 0.25) is 0 Å². The molecule has 1 fully saturated rings. The number of hydrogen-bond acceptors (Lipinski definition) is 3. The Bertz CT molecular complexity index is 357. The van der Waals surface area contributed by atoms with Crippen molar-refractivity contribution in [3.63, 3.8) is 0 Å². The predicted octanol–water partition coefficient (Wildman–Crippen LogP) is 6.82. The van der Waals surface area contributed by atoms with Gasteiger partial charge in [0, 0.05) is 16.9 Å². The maximum atomic E-state index is 8.01. The summed E-state index contributed by atoms with van der Waals surface area (Å²) in [5.41, 5.74) is 0. The molecule has 1 saturated carbocycles. The number of nitrogens with zero attached hydrogens (tertiary/aromatic N) is 1. The molecule has 0 aromatic heterocycles. The number of rotatable bonds is 7. The van der Waals surface area contributed by atoms with Crippen molar-refractivity contribution in [2.45, 2.75) is 82.1 Å². The average molecular weight is 354 g/mol. The van der Waals surface area contributed by atoms with Crippen LogP contribution in [-0.2, 0) is 0 Å². The number of nitriles is 1. The summed E-state index contributed by atoms with van der Waals surface area (Å²) in [6, 6.07) is 2.05. The van der Waals surface area contributed by atoms with E-state index in [4.69, 9.17) is 5.26 Å². The minimum absolute atomic E-state index is 0.635. The molecule has 2 unspecified atom stereocenters. The van der Waals surface area contributed by atoms with Gasteiger partial charge < -0.3 is 0 Å². The normalized spacial score (nSPS) is 23.1. The molecule has 0 spiro atoms. The predicted molar refractivity (Wildman–Crippen MR) is 110 cm³/mol. The molecule has 3 atom stereocenters. The molecule has 1 aliphatic rings. The van der Waals surface area contributed by atoms with Crippen molar-refractivity contribution in [2.75, 3.05) is 6.26 Å². The van der Waals surface area contributed by atoms with Gasteiger partial charge in [0.15, 0.2) is 0 Å². The fraction of sp³-hybridized carbons (Fsp3) is 0.750. The lowest BCUT2D eigenvalue weighted by Crippen LogP contribution is -2.04. The van der Waals surface area contributed by atoms with E-state index in [1.54, 1.807) is 0 Å². The molecule has 0 bridgehead atoms. The molecule has 0 saturated heterocycles. The van der Waals surface area contributed by atoms with Crippen LogP contribution in [0.3, 0.4) is 0 Å². The van der Waals surface area contributed by atoms with Gasteiger partial charge in [0.2, 0.25) is 0 Å². The fourth-order valence-electron chi connectivity index (χ4n) is 2.72. The standard InChI is InChI=1S/C14H26S2.C6H9N/c1-3-6-14(16-2)10-9-12-7-4-5-8-13(15)11-12;1-2-3-4-5-6-7/h9-10,12-15H,3-8,11H2,1-2H3;2-3H,4-5H2,1H3/b10-9+;3-2+/t12?,13-,14?;/m0./s1. The summed E-state index contributed by atoms with van der Waals surface area (Å²) in [7, 11) is 0. The topological polar surface area (TPSA) is 23.8 Å². The summed E-state index contributed by atoms with van der Waals surface area (Å²) >= 11 is 6.64. The first-order valence-corrected chi connectivity index (χ1v) is 10.9. The van der Waals surface area contributed by atoms with Gasteiger partial charge in [0.1, 0.15) is 0 Å². The van der Waals surface area contributed by atoms with E-state index in [1.165, 1.54) is 44.9 Å². The monoisotopic (exact) mass is 353 g/mol. The zero-order chi connectivity index (χ0) is 17.3. The Morgan fingerprint density at radius 2 is 2.09 bits per heavy atom. The second kappa shape index (κ2) is 16.5. The van der Waals surface area contributed by atoms with E-state index in [0.717, 1.165) is 17.6 Å². The van der Waals surface area contributed by atoms with Crippen LogP contribution >= 0.6 is 24.4 Å². The van der Waals surface area contributed by atoms with Crippen LogP contribution in [0, 0.1) is 17.2 Å². The van der Waals surface area contributed by atoms with E-state index in [-0.39, 0.29) is 0 Å². The summed E-state index contributed by atoms with van der Waals surface area (Å²) in [5.74, 6) is 0.788. The molecule has 132 valence electrons.